The van der Waals surface area contributed by atoms with Crippen LogP contribution in [0.1, 0.15) is 12.2 Å². The van der Waals surface area contributed by atoms with Gasteiger partial charge in [-0.3, -0.25) is 14.9 Å². The zero-order valence-corrected chi connectivity index (χ0v) is 13.4. The molecule has 1 unspecified atom stereocenters. The summed E-state index contributed by atoms with van der Waals surface area (Å²) in [5.41, 5.74) is 0.333. The molecule has 3 N–H and O–H groups in total. The Morgan fingerprint density at radius 2 is 2.04 bits per heavy atom. The lowest BCUT2D eigenvalue weighted by molar-refractivity contribution is -0.141. The van der Waals surface area contributed by atoms with Crippen molar-refractivity contribution in [1.82, 2.24) is 5.32 Å². The number of rotatable bonds is 7. The molecule has 0 aliphatic carbocycles. The van der Waals surface area contributed by atoms with Crippen molar-refractivity contribution in [1.29, 1.82) is 0 Å². The molecular formula is C15H14Cl2N2O4. The first-order chi connectivity index (χ1) is 11.0. The highest BCUT2D eigenvalue weighted by Crippen LogP contribution is 2.25. The van der Waals surface area contributed by atoms with Crippen LogP contribution >= 0.6 is 23.2 Å². The number of aliphatic carboxylic acids is 1. The Kier molecular flexibility index (Phi) is 6.04. The van der Waals surface area contributed by atoms with Crippen LogP contribution in [0.3, 0.4) is 0 Å². The molecule has 2 aromatic rings. The zero-order valence-electron chi connectivity index (χ0n) is 11.9. The van der Waals surface area contributed by atoms with E-state index in [1.165, 1.54) is 12.3 Å². The minimum absolute atomic E-state index is 0.204. The second kappa shape index (κ2) is 8.01. The van der Waals surface area contributed by atoms with Gasteiger partial charge in [0.15, 0.2) is 0 Å². The Bertz CT molecular complexity index is 689. The van der Waals surface area contributed by atoms with Gasteiger partial charge in [-0.15, -0.1) is 0 Å². The molecule has 1 heterocycles. The summed E-state index contributed by atoms with van der Waals surface area (Å²) in [5, 5.41) is 15.2. The molecule has 0 radical (unpaired) electrons. The van der Waals surface area contributed by atoms with Gasteiger partial charge in [0.05, 0.1) is 29.9 Å². The number of carbonyl (C=O) groups excluding carboxylic acids is 1. The topological polar surface area (TPSA) is 91.6 Å². The second-order valence-corrected chi connectivity index (χ2v) is 5.57. The molecule has 2 rings (SSSR count). The Labute approximate surface area is 142 Å². The first kappa shape index (κ1) is 17.3. The molecule has 1 atom stereocenters. The number of hydrogen-bond acceptors (Lipinski definition) is 4. The van der Waals surface area contributed by atoms with E-state index in [0.29, 0.717) is 21.5 Å². The number of carbonyl (C=O) groups is 2. The smallest absolute Gasteiger partial charge is 0.321 e. The number of furan rings is 1. The molecule has 1 amide bonds. The molecule has 1 aromatic heterocycles. The number of amides is 1. The summed E-state index contributed by atoms with van der Waals surface area (Å²) in [6.07, 6.45) is 1.22. The molecule has 1 aromatic carbocycles. The van der Waals surface area contributed by atoms with Crippen molar-refractivity contribution in [3.8, 4) is 0 Å². The summed E-state index contributed by atoms with van der Waals surface area (Å²) in [5.74, 6) is -1.05. The number of nitrogens with one attached hydrogen (secondary N) is 2. The lowest BCUT2D eigenvalue weighted by Gasteiger charge is -2.14. The summed E-state index contributed by atoms with van der Waals surface area (Å²) >= 11 is 11.8. The standard InChI is InChI=1S/C15H14Cl2N2O4/c16-9-3-4-11(17)12(6-9)19-14(20)7-13(15(21)22)18-8-10-2-1-5-23-10/h1-6,13,18H,7-8H2,(H,19,20)(H,21,22). The van der Waals surface area contributed by atoms with Gasteiger partial charge in [0.2, 0.25) is 5.91 Å². The van der Waals surface area contributed by atoms with Crippen molar-refractivity contribution in [2.45, 2.75) is 19.0 Å². The minimum atomic E-state index is -1.14. The molecule has 0 saturated heterocycles. The van der Waals surface area contributed by atoms with Gasteiger partial charge >= 0.3 is 5.97 Å². The average molecular weight is 357 g/mol. The van der Waals surface area contributed by atoms with Gasteiger partial charge in [-0.2, -0.15) is 0 Å². The highest BCUT2D eigenvalue weighted by Gasteiger charge is 2.21. The fourth-order valence-corrected chi connectivity index (χ4v) is 2.20. The van der Waals surface area contributed by atoms with Crippen molar-refractivity contribution in [2.75, 3.05) is 5.32 Å². The van der Waals surface area contributed by atoms with E-state index in [4.69, 9.17) is 27.6 Å². The third-order valence-electron chi connectivity index (χ3n) is 2.99. The summed E-state index contributed by atoms with van der Waals surface area (Å²) < 4.78 is 5.11. The molecule has 0 aliphatic heterocycles. The molecule has 0 bridgehead atoms. The van der Waals surface area contributed by atoms with Crippen molar-refractivity contribution in [3.63, 3.8) is 0 Å². The molecule has 8 heteroatoms. The Morgan fingerprint density at radius 3 is 2.70 bits per heavy atom. The van der Waals surface area contributed by atoms with Gasteiger partial charge in [-0.1, -0.05) is 23.2 Å². The quantitative estimate of drug-likeness (QED) is 0.708. The van der Waals surface area contributed by atoms with Gasteiger partial charge in [0.1, 0.15) is 11.8 Å². The average Bonchev–Trinajstić information content (AvgIpc) is 3.00. The third-order valence-corrected chi connectivity index (χ3v) is 3.56. The molecule has 6 nitrogen and oxygen atoms in total. The summed E-state index contributed by atoms with van der Waals surface area (Å²) in [7, 11) is 0. The van der Waals surface area contributed by atoms with Crippen LogP contribution in [-0.2, 0) is 16.1 Å². The zero-order chi connectivity index (χ0) is 16.8. The van der Waals surface area contributed by atoms with Crippen LogP contribution in [0.5, 0.6) is 0 Å². The van der Waals surface area contributed by atoms with Crippen molar-refractivity contribution >= 4 is 40.8 Å². The maximum Gasteiger partial charge on any atom is 0.321 e. The number of anilines is 1. The van der Waals surface area contributed by atoms with Crippen LogP contribution in [0.15, 0.2) is 41.0 Å². The third kappa shape index (κ3) is 5.28. The Morgan fingerprint density at radius 1 is 1.26 bits per heavy atom. The van der Waals surface area contributed by atoms with Gasteiger partial charge in [-0.05, 0) is 30.3 Å². The predicted octanol–water partition coefficient (Wildman–Crippen LogP) is 3.16. The number of hydrogen-bond donors (Lipinski definition) is 3. The molecule has 0 fully saturated rings. The van der Waals surface area contributed by atoms with Gasteiger partial charge in [0.25, 0.3) is 0 Å². The lowest BCUT2D eigenvalue weighted by Crippen LogP contribution is -2.39. The fraction of sp³-hybridized carbons (Fsp3) is 0.200. The molecule has 122 valence electrons. The van der Waals surface area contributed by atoms with Crippen LogP contribution in [0.4, 0.5) is 5.69 Å². The van der Waals surface area contributed by atoms with E-state index in [1.807, 2.05) is 0 Å². The maximum absolute atomic E-state index is 12.0. The Hall–Kier alpha value is -2.02. The summed E-state index contributed by atoms with van der Waals surface area (Å²) in [6, 6.07) is 6.97. The number of benzene rings is 1. The number of carboxylic acids is 1. The van der Waals surface area contributed by atoms with E-state index in [9.17, 15) is 14.7 Å². The predicted molar refractivity (Wildman–Crippen MR) is 86.7 cm³/mol. The van der Waals surface area contributed by atoms with Crippen LogP contribution in [0.25, 0.3) is 0 Å². The molecule has 0 saturated carbocycles. The van der Waals surface area contributed by atoms with E-state index in [0.717, 1.165) is 0 Å². The van der Waals surface area contributed by atoms with Crippen LogP contribution in [0.2, 0.25) is 10.0 Å². The molecule has 23 heavy (non-hydrogen) atoms. The first-order valence-electron chi connectivity index (χ1n) is 6.69. The fourth-order valence-electron chi connectivity index (χ4n) is 1.86. The minimum Gasteiger partial charge on any atom is -0.480 e. The van der Waals surface area contributed by atoms with E-state index in [2.05, 4.69) is 10.6 Å². The van der Waals surface area contributed by atoms with Crippen molar-refractivity contribution in [3.05, 3.63) is 52.4 Å². The van der Waals surface area contributed by atoms with Crippen LogP contribution < -0.4 is 10.6 Å². The van der Waals surface area contributed by atoms with E-state index in [1.54, 1.807) is 24.3 Å². The van der Waals surface area contributed by atoms with Gasteiger partial charge < -0.3 is 14.8 Å². The largest absolute Gasteiger partial charge is 0.480 e. The van der Waals surface area contributed by atoms with Gasteiger partial charge in [-0.25, -0.2) is 0 Å². The highest BCUT2D eigenvalue weighted by atomic mass is 35.5. The lowest BCUT2D eigenvalue weighted by atomic mass is 10.2. The van der Waals surface area contributed by atoms with Gasteiger partial charge in [0, 0.05) is 5.02 Å². The summed E-state index contributed by atoms with van der Waals surface area (Å²) in [6.45, 7) is 0.204. The van der Waals surface area contributed by atoms with Crippen LogP contribution in [0, 0.1) is 0 Å². The molecule has 0 aliphatic rings. The Balaban J connectivity index is 1.94. The second-order valence-electron chi connectivity index (χ2n) is 4.73. The number of carboxylic acid groups (broad SMARTS) is 1. The van der Waals surface area contributed by atoms with E-state index >= 15 is 0 Å². The van der Waals surface area contributed by atoms with Crippen molar-refractivity contribution < 1.29 is 19.1 Å². The number of halogens is 2. The van der Waals surface area contributed by atoms with Crippen LogP contribution in [-0.4, -0.2) is 23.0 Å². The van der Waals surface area contributed by atoms with E-state index < -0.39 is 17.9 Å². The monoisotopic (exact) mass is 356 g/mol. The highest BCUT2D eigenvalue weighted by molar-refractivity contribution is 6.35. The molecule has 0 spiro atoms. The normalized spacial score (nSPS) is 11.9. The maximum atomic E-state index is 12.0. The first-order valence-corrected chi connectivity index (χ1v) is 7.45. The van der Waals surface area contributed by atoms with E-state index in [-0.39, 0.29) is 13.0 Å². The SMILES string of the molecule is O=C(CC(NCc1ccco1)C(=O)O)Nc1cc(Cl)ccc1Cl. The van der Waals surface area contributed by atoms with Crippen molar-refractivity contribution in [2.24, 2.45) is 0 Å². The molecular weight excluding hydrogens is 343 g/mol. The summed E-state index contributed by atoms with van der Waals surface area (Å²) in [4.78, 5) is 23.3.